The van der Waals surface area contributed by atoms with Crippen LogP contribution < -0.4 is 11.1 Å². The van der Waals surface area contributed by atoms with Gasteiger partial charge in [-0.15, -0.1) is 0 Å². The maximum absolute atomic E-state index is 13.2. The minimum absolute atomic E-state index is 0.00223. The highest BCUT2D eigenvalue weighted by Crippen LogP contribution is 2.34. The van der Waals surface area contributed by atoms with Crippen LogP contribution in [-0.2, 0) is 16.8 Å². The topological polar surface area (TPSA) is 72.9 Å². The van der Waals surface area contributed by atoms with Gasteiger partial charge in [-0.1, -0.05) is 12.1 Å². The van der Waals surface area contributed by atoms with Crippen LogP contribution in [0.3, 0.4) is 0 Å². The van der Waals surface area contributed by atoms with Crippen LogP contribution in [0.5, 0.6) is 0 Å². The van der Waals surface area contributed by atoms with E-state index in [0.717, 1.165) is 24.8 Å². The summed E-state index contributed by atoms with van der Waals surface area (Å²) >= 11 is 0. The first-order valence-electron chi connectivity index (χ1n) is 8.65. The first kappa shape index (κ1) is 17.6. The fraction of sp³-hybridized carbons (Fsp3) is 0.474. The second kappa shape index (κ2) is 6.59. The van der Waals surface area contributed by atoms with Gasteiger partial charge in [-0.2, -0.15) is 5.10 Å². The van der Waals surface area contributed by atoms with Crippen molar-refractivity contribution in [3.8, 4) is 0 Å². The number of amides is 1. The highest BCUT2D eigenvalue weighted by Gasteiger charge is 2.30. The predicted octanol–water partition coefficient (Wildman–Crippen LogP) is 2.97. The zero-order valence-corrected chi connectivity index (χ0v) is 14.9. The molecule has 0 radical (unpaired) electrons. The summed E-state index contributed by atoms with van der Waals surface area (Å²) in [4.78, 5) is 12.0. The largest absolute Gasteiger partial charge is 0.368 e. The highest BCUT2D eigenvalue weighted by atomic mass is 19.1. The van der Waals surface area contributed by atoms with Crippen molar-refractivity contribution in [2.24, 2.45) is 5.73 Å². The molecule has 1 aromatic heterocycles. The van der Waals surface area contributed by atoms with Gasteiger partial charge in [0.15, 0.2) is 0 Å². The number of halogens is 1. The predicted molar refractivity (Wildman–Crippen MR) is 94.4 cm³/mol. The summed E-state index contributed by atoms with van der Waals surface area (Å²) in [5.74, 6) is -0.805. The van der Waals surface area contributed by atoms with Gasteiger partial charge in [0.1, 0.15) is 11.9 Å². The van der Waals surface area contributed by atoms with Gasteiger partial charge in [-0.3, -0.25) is 14.8 Å². The lowest BCUT2D eigenvalue weighted by Gasteiger charge is -2.30. The Balaban J connectivity index is 1.89. The van der Waals surface area contributed by atoms with E-state index >= 15 is 0 Å². The number of hydrogen-bond acceptors (Lipinski definition) is 3. The molecule has 1 heterocycles. The molecule has 2 atom stereocenters. The number of carbonyl (C=O) groups is 1. The van der Waals surface area contributed by atoms with E-state index in [4.69, 9.17) is 5.73 Å². The van der Waals surface area contributed by atoms with E-state index in [1.54, 1.807) is 12.1 Å². The Morgan fingerprint density at radius 2 is 2.04 bits per heavy atom. The van der Waals surface area contributed by atoms with Crippen molar-refractivity contribution in [2.45, 2.75) is 57.7 Å². The molecule has 6 heteroatoms. The molecule has 3 N–H and O–H groups in total. The number of fused-ring (bicyclic) bond motifs is 1. The molecule has 0 saturated carbocycles. The van der Waals surface area contributed by atoms with E-state index in [9.17, 15) is 9.18 Å². The molecule has 5 nitrogen and oxygen atoms in total. The van der Waals surface area contributed by atoms with Crippen LogP contribution in [0.2, 0.25) is 0 Å². The molecule has 0 saturated heterocycles. The van der Waals surface area contributed by atoms with Crippen molar-refractivity contribution in [1.82, 2.24) is 15.1 Å². The maximum atomic E-state index is 13.2. The number of nitrogens with two attached hydrogens (primary N) is 1. The monoisotopic (exact) mass is 344 g/mol. The SMILES string of the molecule is CC(C)(C)n1ncc2c1CCCC2NC(C(N)=O)c1ccc(F)cc1. The molecule has 0 spiro atoms. The maximum Gasteiger partial charge on any atom is 0.239 e. The number of nitrogens with one attached hydrogen (secondary N) is 1. The summed E-state index contributed by atoms with van der Waals surface area (Å²) in [6.45, 7) is 6.38. The summed E-state index contributed by atoms with van der Waals surface area (Å²) in [6, 6.07) is 5.23. The second-order valence-corrected chi connectivity index (χ2v) is 7.63. The Kier molecular flexibility index (Phi) is 4.64. The number of nitrogens with zero attached hydrogens (tertiary/aromatic N) is 2. The van der Waals surface area contributed by atoms with Crippen molar-refractivity contribution in [2.75, 3.05) is 0 Å². The second-order valence-electron chi connectivity index (χ2n) is 7.63. The van der Waals surface area contributed by atoms with Crippen LogP contribution in [0, 0.1) is 5.82 Å². The first-order valence-corrected chi connectivity index (χ1v) is 8.65. The van der Waals surface area contributed by atoms with Gasteiger partial charge in [0.25, 0.3) is 0 Å². The van der Waals surface area contributed by atoms with E-state index in [1.807, 2.05) is 6.20 Å². The molecule has 1 aliphatic rings. The minimum atomic E-state index is -0.658. The first-order chi connectivity index (χ1) is 11.8. The molecule has 1 aliphatic carbocycles. The fourth-order valence-electron chi connectivity index (χ4n) is 3.51. The smallest absolute Gasteiger partial charge is 0.239 e. The van der Waals surface area contributed by atoms with Gasteiger partial charge in [0.05, 0.1) is 11.7 Å². The van der Waals surface area contributed by atoms with Crippen molar-refractivity contribution >= 4 is 5.91 Å². The van der Waals surface area contributed by atoms with Crippen molar-refractivity contribution in [3.05, 3.63) is 53.1 Å². The fourth-order valence-corrected chi connectivity index (χ4v) is 3.51. The Labute approximate surface area is 147 Å². The molecule has 2 aromatic rings. The molecule has 2 unspecified atom stereocenters. The highest BCUT2D eigenvalue weighted by molar-refractivity contribution is 5.81. The van der Waals surface area contributed by atoms with E-state index < -0.39 is 11.9 Å². The lowest BCUT2D eigenvalue weighted by molar-refractivity contribution is -0.120. The molecule has 134 valence electrons. The van der Waals surface area contributed by atoms with Crippen LogP contribution >= 0.6 is 0 Å². The van der Waals surface area contributed by atoms with E-state index in [1.165, 1.54) is 17.8 Å². The van der Waals surface area contributed by atoms with Gasteiger partial charge in [0, 0.05) is 17.3 Å². The van der Waals surface area contributed by atoms with E-state index in [-0.39, 0.29) is 17.4 Å². The minimum Gasteiger partial charge on any atom is -0.368 e. The Bertz CT molecular complexity index is 761. The van der Waals surface area contributed by atoms with Gasteiger partial charge >= 0.3 is 0 Å². The van der Waals surface area contributed by atoms with Gasteiger partial charge in [-0.25, -0.2) is 4.39 Å². The van der Waals surface area contributed by atoms with Crippen LogP contribution in [-0.4, -0.2) is 15.7 Å². The molecule has 25 heavy (non-hydrogen) atoms. The molecule has 0 aliphatic heterocycles. The number of primary amides is 1. The third-order valence-electron chi connectivity index (χ3n) is 4.67. The van der Waals surface area contributed by atoms with Gasteiger partial charge in [0.2, 0.25) is 5.91 Å². The molecule has 1 aromatic carbocycles. The molecule has 0 bridgehead atoms. The van der Waals surface area contributed by atoms with Crippen molar-refractivity contribution in [3.63, 3.8) is 0 Å². The third kappa shape index (κ3) is 3.58. The van der Waals surface area contributed by atoms with E-state index in [2.05, 4.69) is 35.9 Å². The quantitative estimate of drug-likeness (QED) is 0.895. The number of carbonyl (C=O) groups excluding carboxylic acids is 1. The van der Waals surface area contributed by atoms with Crippen LogP contribution in [0.25, 0.3) is 0 Å². The van der Waals surface area contributed by atoms with Crippen molar-refractivity contribution in [1.29, 1.82) is 0 Å². The molecule has 0 fully saturated rings. The van der Waals surface area contributed by atoms with Gasteiger partial charge < -0.3 is 5.73 Å². The van der Waals surface area contributed by atoms with Gasteiger partial charge in [-0.05, 0) is 57.7 Å². The Morgan fingerprint density at radius 3 is 2.64 bits per heavy atom. The Hall–Kier alpha value is -2.21. The zero-order valence-electron chi connectivity index (χ0n) is 14.9. The average molecular weight is 344 g/mol. The Morgan fingerprint density at radius 1 is 1.36 bits per heavy atom. The molecule has 3 rings (SSSR count). The zero-order chi connectivity index (χ0) is 18.2. The van der Waals surface area contributed by atoms with E-state index in [0.29, 0.717) is 5.56 Å². The lowest BCUT2D eigenvalue weighted by Crippen LogP contribution is -2.37. The summed E-state index contributed by atoms with van der Waals surface area (Å²) in [6.07, 6.45) is 4.79. The number of hydrogen-bond donors (Lipinski definition) is 2. The average Bonchev–Trinajstić information content (AvgIpc) is 2.98. The molecular formula is C19H25FN4O. The van der Waals surface area contributed by atoms with Crippen LogP contribution in [0.15, 0.2) is 30.5 Å². The number of rotatable bonds is 4. The summed E-state index contributed by atoms with van der Waals surface area (Å²) in [5, 5.41) is 7.93. The van der Waals surface area contributed by atoms with Crippen LogP contribution in [0.1, 0.15) is 62.5 Å². The summed E-state index contributed by atoms with van der Waals surface area (Å²) in [7, 11) is 0. The normalized spacial score (nSPS) is 18.6. The lowest BCUT2D eigenvalue weighted by atomic mass is 9.91. The summed E-state index contributed by atoms with van der Waals surface area (Å²) < 4.78 is 15.2. The van der Waals surface area contributed by atoms with Crippen molar-refractivity contribution < 1.29 is 9.18 Å². The molecule has 1 amide bonds. The summed E-state index contributed by atoms with van der Waals surface area (Å²) in [5.41, 5.74) is 8.51. The number of aromatic nitrogens is 2. The third-order valence-corrected chi connectivity index (χ3v) is 4.67. The van der Waals surface area contributed by atoms with Crippen LogP contribution in [0.4, 0.5) is 4.39 Å². The standard InChI is InChI=1S/C19H25FN4O/c1-19(2,3)24-16-6-4-5-15(14(16)11-22-24)23-17(18(21)25)12-7-9-13(20)10-8-12/h7-11,15,17,23H,4-6H2,1-3H3,(H2,21,25). The number of benzene rings is 1. The molecular weight excluding hydrogens is 319 g/mol.